The fraction of sp³-hybridized carbons (Fsp3) is 0.933. The zero-order valence-corrected chi connectivity index (χ0v) is 12.6. The number of rotatable bonds is 4. The van der Waals surface area contributed by atoms with Crippen molar-refractivity contribution >= 4 is 5.91 Å². The summed E-state index contributed by atoms with van der Waals surface area (Å²) in [6.07, 6.45) is 4.03. The maximum atomic E-state index is 12.6. The van der Waals surface area contributed by atoms with Gasteiger partial charge >= 0.3 is 0 Å². The minimum atomic E-state index is -0.765. The Bertz CT molecular complexity index is 326. The molecule has 2 heterocycles. The Morgan fingerprint density at radius 2 is 2.15 bits per heavy atom. The molecule has 2 aliphatic heterocycles. The highest BCUT2D eigenvalue weighted by molar-refractivity contribution is 5.79. The van der Waals surface area contributed by atoms with Gasteiger partial charge in [0.15, 0.2) is 0 Å². The van der Waals surface area contributed by atoms with Crippen molar-refractivity contribution in [3.05, 3.63) is 0 Å². The van der Waals surface area contributed by atoms with Gasteiger partial charge in [0.2, 0.25) is 5.91 Å². The monoisotopic (exact) mass is 285 g/mol. The molecular weight excluding hydrogens is 258 g/mol. The van der Waals surface area contributed by atoms with E-state index in [1.807, 2.05) is 4.90 Å². The van der Waals surface area contributed by atoms with Crippen molar-refractivity contribution in [2.45, 2.75) is 50.7 Å². The fourth-order valence-corrected chi connectivity index (χ4v) is 3.32. The van der Waals surface area contributed by atoms with Crippen molar-refractivity contribution in [1.29, 1.82) is 0 Å². The molecule has 0 aromatic carbocycles. The standard InChI is InChI=1S/C15H27NO4/c1-3-13-12(5-4-10-20-13)14(17)16-8-6-15(18,7-9-16)11-19-2/h12-13,18H,3-11H2,1-2H3/t12-,13-/m0/s1. The molecule has 2 aliphatic rings. The van der Waals surface area contributed by atoms with E-state index in [2.05, 4.69) is 6.92 Å². The van der Waals surface area contributed by atoms with E-state index in [4.69, 9.17) is 9.47 Å². The van der Waals surface area contributed by atoms with Crippen LogP contribution in [0.15, 0.2) is 0 Å². The number of nitrogens with zero attached hydrogens (tertiary/aromatic N) is 1. The summed E-state index contributed by atoms with van der Waals surface area (Å²) in [7, 11) is 1.60. The molecule has 0 aliphatic carbocycles. The summed E-state index contributed by atoms with van der Waals surface area (Å²) in [5.74, 6) is 0.207. The molecule has 2 rings (SSSR count). The highest BCUT2D eigenvalue weighted by Crippen LogP contribution is 2.28. The Hall–Kier alpha value is -0.650. The van der Waals surface area contributed by atoms with Gasteiger partial charge in [0.25, 0.3) is 0 Å². The van der Waals surface area contributed by atoms with Gasteiger partial charge < -0.3 is 19.5 Å². The second-order valence-electron chi connectivity index (χ2n) is 6.05. The van der Waals surface area contributed by atoms with E-state index < -0.39 is 5.60 Å². The smallest absolute Gasteiger partial charge is 0.228 e. The van der Waals surface area contributed by atoms with Crippen molar-refractivity contribution in [2.24, 2.45) is 5.92 Å². The van der Waals surface area contributed by atoms with Gasteiger partial charge in [-0.15, -0.1) is 0 Å². The second kappa shape index (κ2) is 6.87. The quantitative estimate of drug-likeness (QED) is 0.843. The first-order valence-corrected chi connectivity index (χ1v) is 7.71. The zero-order chi connectivity index (χ0) is 14.6. The van der Waals surface area contributed by atoms with Crippen LogP contribution < -0.4 is 0 Å². The number of carbonyl (C=O) groups is 1. The van der Waals surface area contributed by atoms with Gasteiger partial charge in [-0.1, -0.05) is 6.92 Å². The lowest BCUT2D eigenvalue weighted by Crippen LogP contribution is -2.52. The van der Waals surface area contributed by atoms with Crippen LogP contribution in [0.4, 0.5) is 0 Å². The molecule has 20 heavy (non-hydrogen) atoms. The average Bonchev–Trinajstić information content (AvgIpc) is 2.47. The lowest BCUT2D eigenvalue weighted by molar-refractivity contribution is -0.150. The predicted molar refractivity (Wildman–Crippen MR) is 75.4 cm³/mol. The molecule has 0 aromatic heterocycles. The molecule has 5 nitrogen and oxygen atoms in total. The van der Waals surface area contributed by atoms with E-state index in [1.165, 1.54) is 0 Å². The number of hydrogen-bond donors (Lipinski definition) is 1. The molecule has 0 radical (unpaired) electrons. The minimum absolute atomic E-state index is 0.00219. The maximum Gasteiger partial charge on any atom is 0.228 e. The number of carbonyl (C=O) groups excluding carboxylic acids is 1. The van der Waals surface area contributed by atoms with Gasteiger partial charge in [-0.25, -0.2) is 0 Å². The van der Waals surface area contributed by atoms with Crippen molar-refractivity contribution in [2.75, 3.05) is 33.4 Å². The molecular formula is C15H27NO4. The summed E-state index contributed by atoms with van der Waals surface area (Å²) in [5.41, 5.74) is -0.765. The zero-order valence-electron chi connectivity index (χ0n) is 12.6. The number of piperidine rings is 1. The Kier molecular flexibility index (Phi) is 5.41. The van der Waals surface area contributed by atoms with Gasteiger partial charge in [0, 0.05) is 26.8 Å². The van der Waals surface area contributed by atoms with Gasteiger partial charge in [0.05, 0.1) is 24.2 Å². The first-order valence-electron chi connectivity index (χ1n) is 7.71. The van der Waals surface area contributed by atoms with Crippen LogP contribution in [0.5, 0.6) is 0 Å². The number of likely N-dealkylation sites (tertiary alicyclic amines) is 1. The topological polar surface area (TPSA) is 59.0 Å². The summed E-state index contributed by atoms with van der Waals surface area (Å²) in [6.45, 7) is 4.43. The number of methoxy groups -OCH3 is 1. The van der Waals surface area contributed by atoms with Crippen LogP contribution in [0.1, 0.15) is 39.0 Å². The third-order valence-corrected chi connectivity index (χ3v) is 4.58. The summed E-state index contributed by atoms with van der Waals surface area (Å²) in [4.78, 5) is 14.5. The predicted octanol–water partition coefficient (Wildman–Crippen LogP) is 1.19. The number of hydrogen-bond acceptors (Lipinski definition) is 4. The largest absolute Gasteiger partial charge is 0.387 e. The van der Waals surface area contributed by atoms with Crippen LogP contribution in [0, 0.1) is 5.92 Å². The van der Waals surface area contributed by atoms with Crippen LogP contribution in [0.25, 0.3) is 0 Å². The normalized spacial score (nSPS) is 30.2. The molecule has 0 aromatic rings. The SMILES string of the molecule is CC[C@@H]1OCCC[C@@H]1C(=O)N1CCC(O)(COC)CC1. The van der Waals surface area contributed by atoms with Crippen LogP contribution in [-0.2, 0) is 14.3 Å². The second-order valence-corrected chi connectivity index (χ2v) is 6.05. The maximum absolute atomic E-state index is 12.6. The number of amides is 1. The minimum Gasteiger partial charge on any atom is -0.387 e. The lowest BCUT2D eigenvalue weighted by atomic mass is 9.88. The lowest BCUT2D eigenvalue weighted by Gasteiger charge is -2.40. The highest BCUT2D eigenvalue weighted by atomic mass is 16.5. The van der Waals surface area contributed by atoms with Gasteiger partial charge in [-0.3, -0.25) is 4.79 Å². The van der Waals surface area contributed by atoms with Crippen LogP contribution in [0.3, 0.4) is 0 Å². The van der Waals surface area contributed by atoms with Gasteiger partial charge in [0.1, 0.15) is 0 Å². The number of aliphatic hydroxyl groups is 1. The van der Waals surface area contributed by atoms with E-state index in [1.54, 1.807) is 7.11 Å². The third-order valence-electron chi connectivity index (χ3n) is 4.58. The van der Waals surface area contributed by atoms with Gasteiger partial charge in [-0.2, -0.15) is 0 Å². The third kappa shape index (κ3) is 3.51. The highest BCUT2D eigenvalue weighted by Gasteiger charge is 2.38. The summed E-state index contributed by atoms with van der Waals surface area (Å²) in [5, 5.41) is 10.3. The van der Waals surface area contributed by atoms with Crippen LogP contribution >= 0.6 is 0 Å². The fourth-order valence-electron chi connectivity index (χ4n) is 3.32. The van der Waals surface area contributed by atoms with E-state index in [9.17, 15) is 9.90 Å². The van der Waals surface area contributed by atoms with Crippen LogP contribution in [-0.4, -0.2) is 61.0 Å². The molecule has 2 fully saturated rings. The van der Waals surface area contributed by atoms with Crippen molar-refractivity contribution < 1.29 is 19.4 Å². The molecule has 1 N–H and O–H groups in total. The molecule has 0 saturated carbocycles. The molecule has 5 heteroatoms. The Labute approximate surface area is 121 Å². The van der Waals surface area contributed by atoms with Crippen LogP contribution in [0.2, 0.25) is 0 Å². The van der Waals surface area contributed by atoms with Crippen molar-refractivity contribution in [3.63, 3.8) is 0 Å². The number of ether oxygens (including phenoxy) is 2. The van der Waals surface area contributed by atoms with Crippen molar-refractivity contribution in [3.8, 4) is 0 Å². The molecule has 1 amide bonds. The summed E-state index contributed by atoms with van der Waals surface area (Å²) < 4.78 is 10.8. The Balaban J connectivity index is 1.90. The Morgan fingerprint density at radius 1 is 1.45 bits per heavy atom. The van der Waals surface area contributed by atoms with Crippen molar-refractivity contribution in [1.82, 2.24) is 4.90 Å². The molecule has 0 spiro atoms. The molecule has 2 saturated heterocycles. The first kappa shape index (κ1) is 15.7. The molecule has 2 atom stereocenters. The molecule has 116 valence electrons. The average molecular weight is 285 g/mol. The molecule has 0 bridgehead atoms. The van der Waals surface area contributed by atoms with E-state index in [-0.39, 0.29) is 17.9 Å². The molecule has 0 unspecified atom stereocenters. The van der Waals surface area contributed by atoms with Gasteiger partial charge in [-0.05, 0) is 32.1 Å². The van der Waals surface area contributed by atoms with E-state index in [0.717, 1.165) is 25.9 Å². The van der Waals surface area contributed by atoms with E-state index >= 15 is 0 Å². The first-order chi connectivity index (χ1) is 9.59. The van der Waals surface area contributed by atoms with E-state index in [0.29, 0.717) is 32.5 Å². The summed E-state index contributed by atoms with van der Waals surface area (Å²) in [6, 6.07) is 0. The summed E-state index contributed by atoms with van der Waals surface area (Å²) >= 11 is 0. The Morgan fingerprint density at radius 3 is 2.75 bits per heavy atom.